The van der Waals surface area contributed by atoms with Gasteiger partial charge < -0.3 is 9.73 Å². The van der Waals surface area contributed by atoms with Crippen LogP contribution in [0.4, 0.5) is 0 Å². The standard InChI is InChI=1S/C17H17N3O3/c21-17(20-22)16-9-14-8-13(3-4-15(14)23-16)11-19-7-5-12-2-1-6-18-10-12/h1-4,6,8-10,19,22H,5,7,11H2,(H,20,21). The summed E-state index contributed by atoms with van der Waals surface area (Å²) in [7, 11) is 0. The van der Waals surface area contributed by atoms with Crippen molar-refractivity contribution in [1.29, 1.82) is 0 Å². The van der Waals surface area contributed by atoms with Crippen LogP contribution in [0.25, 0.3) is 11.0 Å². The van der Waals surface area contributed by atoms with Gasteiger partial charge in [0, 0.05) is 24.3 Å². The van der Waals surface area contributed by atoms with E-state index in [-0.39, 0.29) is 5.76 Å². The number of nitrogens with zero attached hydrogens (tertiary/aromatic N) is 1. The van der Waals surface area contributed by atoms with Crippen LogP contribution in [0.5, 0.6) is 0 Å². The minimum Gasteiger partial charge on any atom is -0.451 e. The normalized spacial score (nSPS) is 10.8. The highest BCUT2D eigenvalue weighted by molar-refractivity contribution is 5.95. The summed E-state index contributed by atoms with van der Waals surface area (Å²) in [5.74, 6) is -0.568. The predicted molar refractivity (Wildman–Crippen MR) is 85.1 cm³/mol. The zero-order chi connectivity index (χ0) is 16.1. The molecule has 0 aliphatic rings. The van der Waals surface area contributed by atoms with Crippen LogP contribution in [0.1, 0.15) is 21.7 Å². The van der Waals surface area contributed by atoms with E-state index >= 15 is 0 Å². The number of hydrogen-bond acceptors (Lipinski definition) is 5. The number of hydrogen-bond donors (Lipinski definition) is 3. The SMILES string of the molecule is O=C(NO)c1cc2cc(CNCCc3cccnc3)ccc2o1. The summed E-state index contributed by atoms with van der Waals surface area (Å²) in [6.07, 6.45) is 4.55. The summed E-state index contributed by atoms with van der Waals surface area (Å²) >= 11 is 0. The highest BCUT2D eigenvalue weighted by Gasteiger charge is 2.11. The van der Waals surface area contributed by atoms with E-state index in [0.717, 1.165) is 30.5 Å². The van der Waals surface area contributed by atoms with Crippen LogP contribution in [0.15, 0.2) is 53.2 Å². The summed E-state index contributed by atoms with van der Waals surface area (Å²) < 4.78 is 5.36. The summed E-state index contributed by atoms with van der Waals surface area (Å²) in [6, 6.07) is 11.3. The Balaban J connectivity index is 1.59. The lowest BCUT2D eigenvalue weighted by Crippen LogP contribution is -2.17. The quantitative estimate of drug-likeness (QED) is 0.369. The summed E-state index contributed by atoms with van der Waals surface area (Å²) in [6.45, 7) is 1.58. The molecule has 3 rings (SSSR count). The van der Waals surface area contributed by atoms with Gasteiger partial charge in [0.25, 0.3) is 0 Å². The molecule has 3 aromatic rings. The van der Waals surface area contributed by atoms with Crippen LogP contribution >= 0.6 is 0 Å². The Morgan fingerprint density at radius 1 is 1.22 bits per heavy atom. The third-order valence-corrected chi connectivity index (χ3v) is 3.55. The average molecular weight is 311 g/mol. The Morgan fingerprint density at radius 2 is 2.13 bits per heavy atom. The van der Waals surface area contributed by atoms with Crippen molar-refractivity contribution in [2.75, 3.05) is 6.54 Å². The maximum absolute atomic E-state index is 11.3. The molecule has 0 aliphatic heterocycles. The largest absolute Gasteiger partial charge is 0.451 e. The first kappa shape index (κ1) is 15.2. The topological polar surface area (TPSA) is 87.4 Å². The van der Waals surface area contributed by atoms with Gasteiger partial charge in [-0.3, -0.25) is 15.0 Å². The number of rotatable bonds is 6. The Kier molecular flexibility index (Phi) is 4.65. The molecular weight excluding hydrogens is 294 g/mol. The first-order valence-electron chi connectivity index (χ1n) is 7.33. The third kappa shape index (κ3) is 3.74. The molecule has 0 bridgehead atoms. The number of nitrogens with one attached hydrogen (secondary N) is 2. The van der Waals surface area contributed by atoms with Gasteiger partial charge in [-0.05, 0) is 48.4 Å². The summed E-state index contributed by atoms with van der Waals surface area (Å²) in [4.78, 5) is 15.4. The highest BCUT2D eigenvalue weighted by atomic mass is 16.5. The number of furan rings is 1. The van der Waals surface area contributed by atoms with Gasteiger partial charge in [-0.15, -0.1) is 0 Å². The lowest BCUT2D eigenvalue weighted by Gasteiger charge is -2.05. The van der Waals surface area contributed by atoms with E-state index < -0.39 is 5.91 Å². The maximum Gasteiger partial charge on any atom is 0.310 e. The highest BCUT2D eigenvalue weighted by Crippen LogP contribution is 2.20. The van der Waals surface area contributed by atoms with Crippen molar-refractivity contribution in [3.63, 3.8) is 0 Å². The molecule has 118 valence electrons. The van der Waals surface area contributed by atoms with Crippen LogP contribution in [0.2, 0.25) is 0 Å². The number of carbonyl (C=O) groups excluding carboxylic acids is 1. The van der Waals surface area contributed by atoms with Crippen molar-refractivity contribution in [2.24, 2.45) is 0 Å². The summed E-state index contributed by atoms with van der Waals surface area (Å²) in [5, 5.41) is 12.8. The van der Waals surface area contributed by atoms with Gasteiger partial charge in [-0.1, -0.05) is 12.1 Å². The van der Waals surface area contributed by atoms with E-state index in [1.807, 2.05) is 30.5 Å². The van der Waals surface area contributed by atoms with Crippen molar-refractivity contribution in [3.05, 3.63) is 65.7 Å². The molecule has 2 aromatic heterocycles. The van der Waals surface area contributed by atoms with Crippen molar-refractivity contribution >= 4 is 16.9 Å². The first-order valence-corrected chi connectivity index (χ1v) is 7.33. The van der Waals surface area contributed by atoms with E-state index in [2.05, 4.69) is 16.4 Å². The molecule has 0 saturated carbocycles. The number of pyridine rings is 1. The van der Waals surface area contributed by atoms with Crippen molar-refractivity contribution in [2.45, 2.75) is 13.0 Å². The van der Waals surface area contributed by atoms with E-state index in [0.29, 0.717) is 5.58 Å². The molecular formula is C17H17N3O3. The van der Waals surface area contributed by atoms with Crippen LogP contribution in [0.3, 0.4) is 0 Å². The molecule has 0 atom stereocenters. The van der Waals surface area contributed by atoms with Crippen LogP contribution in [-0.4, -0.2) is 22.6 Å². The Hall–Kier alpha value is -2.70. The van der Waals surface area contributed by atoms with E-state index in [1.54, 1.807) is 17.7 Å². The molecule has 0 saturated heterocycles. The van der Waals surface area contributed by atoms with Crippen LogP contribution in [0, 0.1) is 0 Å². The number of amides is 1. The molecule has 2 heterocycles. The molecule has 23 heavy (non-hydrogen) atoms. The van der Waals surface area contributed by atoms with Gasteiger partial charge >= 0.3 is 5.91 Å². The molecule has 3 N–H and O–H groups in total. The molecule has 0 aliphatic carbocycles. The molecule has 0 spiro atoms. The van der Waals surface area contributed by atoms with Gasteiger partial charge in [-0.25, -0.2) is 5.48 Å². The average Bonchev–Trinajstić information content (AvgIpc) is 3.02. The molecule has 0 fully saturated rings. The second-order valence-electron chi connectivity index (χ2n) is 5.21. The number of benzene rings is 1. The Bertz CT molecular complexity index is 799. The monoisotopic (exact) mass is 311 g/mol. The molecule has 6 nitrogen and oxygen atoms in total. The van der Waals surface area contributed by atoms with Crippen molar-refractivity contribution in [1.82, 2.24) is 15.8 Å². The molecule has 1 aromatic carbocycles. The molecule has 0 radical (unpaired) electrons. The molecule has 6 heteroatoms. The fourth-order valence-corrected chi connectivity index (χ4v) is 2.38. The van der Waals surface area contributed by atoms with Crippen molar-refractivity contribution < 1.29 is 14.4 Å². The fraction of sp³-hybridized carbons (Fsp3) is 0.176. The zero-order valence-corrected chi connectivity index (χ0v) is 12.5. The number of hydroxylamine groups is 1. The van der Waals surface area contributed by atoms with Crippen LogP contribution < -0.4 is 10.8 Å². The number of fused-ring (bicyclic) bond motifs is 1. The Morgan fingerprint density at radius 3 is 2.91 bits per heavy atom. The maximum atomic E-state index is 11.3. The van der Waals surface area contributed by atoms with E-state index in [9.17, 15) is 4.79 Å². The molecule has 0 unspecified atom stereocenters. The third-order valence-electron chi connectivity index (χ3n) is 3.55. The lowest BCUT2D eigenvalue weighted by molar-refractivity contribution is 0.0678. The van der Waals surface area contributed by atoms with Crippen molar-refractivity contribution in [3.8, 4) is 0 Å². The lowest BCUT2D eigenvalue weighted by atomic mass is 10.1. The zero-order valence-electron chi connectivity index (χ0n) is 12.5. The molecule has 1 amide bonds. The van der Waals surface area contributed by atoms with Gasteiger partial charge in [0.15, 0.2) is 5.76 Å². The number of carbonyl (C=O) groups is 1. The summed E-state index contributed by atoms with van der Waals surface area (Å²) in [5.41, 5.74) is 4.47. The van der Waals surface area contributed by atoms with E-state index in [1.165, 1.54) is 5.56 Å². The van der Waals surface area contributed by atoms with Crippen LogP contribution in [-0.2, 0) is 13.0 Å². The smallest absolute Gasteiger partial charge is 0.310 e. The minimum absolute atomic E-state index is 0.0872. The number of aromatic nitrogens is 1. The second kappa shape index (κ2) is 7.04. The van der Waals surface area contributed by atoms with Gasteiger partial charge in [-0.2, -0.15) is 0 Å². The van der Waals surface area contributed by atoms with Gasteiger partial charge in [0.2, 0.25) is 0 Å². The van der Waals surface area contributed by atoms with Gasteiger partial charge in [0.05, 0.1) is 0 Å². The second-order valence-corrected chi connectivity index (χ2v) is 5.21. The first-order chi connectivity index (χ1) is 11.3. The predicted octanol–water partition coefficient (Wildman–Crippen LogP) is 2.28. The minimum atomic E-state index is -0.655. The van der Waals surface area contributed by atoms with E-state index in [4.69, 9.17) is 9.62 Å². The van der Waals surface area contributed by atoms with Gasteiger partial charge in [0.1, 0.15) is 5.58 Å². The fourth-order valence-electron chi connectivity index (χ4n) is 2.38. The Labute approximate surface area is 133 Å².